The number of fused-ring (bicyclic) bond motifs is 1. The topological polar surface area (TPSA) is 130 Å². The second-order valence-electron chi connectivity index (χ2n) is 8.28. The van der Waals surface area contributed by atoms with Crippen LogP contribution in [0.15, 0.2) is 30.3 Å². The van der Waals surface area contributed by atoms with E-state index in [0.717, 1.165) is 5.56 Å². The highest BCUT2D eigenvalue weighted by Gasteiger charge is 2.89. The van der Waals surface area contributed by atoms with E-state index in [1.165, 1.54) is 0 Å². The first kappa shape index (κ1) is 20.3. The molecule has 0 aliphatic heterocycles. The van der Waals surface area contributed by atoms with Crippen molar-refractivity contribution in [2.24, 2.45) is 34.3 Å². The number of benzene rings is 1. The van der Waals surface area contributed by atoms with Crippen LogP contribution in [0.4, 0.5) is 0 Å². The van der Waals surface area contributed by atoms with Crippen molar-refractivity contribution in [3.8, 4) is 0 Å². The smallest absolute Gasteiger partial charge is 0.324 e. The van der Waals surface area contributed by atoms with E-state index in [4.69, 9.17) is 5.73 Å². The van der Waals surface area contributed by atoms with Crippen molar-refractivity contribution in [3.05, 3.63) is 35.9 Å². The van der Waals surface area contributed by atoms with Crippen molar-refractivity contribution in [2.45, 2.75) is 45.7 Å². The van der Waals surface area contributed by atoms with Gasteiger partial charge in [0.1, 0.15) is 5.54 Å². The molecule has 5 N–H and O–H groups in total. The maximum atomic E-state index is 13.3. The fourth-order valence-corrected chi connectivity index (χ4v) is 6.13. The monoisotopic (exact) mass is 388 g/mol. The minimum atomic E-state index is -1.79. The highest BCUT2D eigenvalue weighted by Crippen LogP contribution is 2.80. The molecule has 0 aromatic heterocycles. The SMILES string of the molecule is CCC1(CC)[C@H](C(=O)NCc2ccccc2)[C@H]2[C@@H](C(=O)O)[C@@]2(C)[C@@]1(N)C(=O)O. The van der Waals surface area contributed by atoms with Crippen molar-refractivity contribution in [1.82, 2.24) is 5.32 Å². The van der Waals surface area contributed by atoms with Gasteiger partial charge in [-0.3, -0.25) is 14.4 Å². The van der Waals surface area contributed by atoms with E-state index in [1.54, 1.807) is 6.92 Å². The van der Waals surface area contributed by atoms with Crippen molar-refractivity contribution >= 4 is 17.8 Å². The number of aliphatic carboxylic acids is 2. The number of nitrogens with one attached hydrogen (secondary N) is 1. The summed E-state index contributed by atoms with van der Waals surface area (Å²) in [5, 5.41) is 22.7. The lowest BCUT2D eigenvalue weighted by atomic mass is 9.57. The van der Waals surface area contributed by atoms with Crippen LogP contribution in [-0.4, -0.2) is 33.6 Å². The number of carboxylic acids is 2. The summed E-state index contributed by atoms with van der Waals surface area (Å²) in [6.07, 6.45) is 0.766. The second kappa shape index (κ2) is 6.58. The molecule has 2 fully saturated rings. The number of carbonyl (C=O) groups is 3. The van der Waals surface area contributed by atoms with Gasteiger partial charge in [-0.15, -0.1) is 0 Å². The van der Waals surface area contributed by atoms with Crippen LogP contribution in [0.25, 0.3) is 0 Å². The van der Waals surface area contributed by atoms with Crippen LogP contribution < -0.4 is 11.1 Å². The van der Waals surface area contributed by atoms with E-state index in [1.807, 2.05) is 44.2 Å². The van der Waals surface area contributed by atoms with Crippen LogP contribution in [0.2, 0.25) is 0 Å². The lowest BCUT2D eigenvalue weighted by Gasteiger charge is -2.48. The fraction of sp³-hybridized carbons (Fsp3) is 0.571. The average molecular weight is 388 g/mol. The molecule has 2 aliphatic rings. The quantitative estimate of drug-likeness (QED) is 0.564. The number of amides is 1. The zero-order valence-electron chi connectivity index (χ0n) is 16.4. The molecule has 0 saturated heterocycles. The molecule has 0 unspecified atom stereocenters. The molecule has 7 heteroatoms. The summed E-state index contributed by atoms with van der Waals surface area (Å²) in [7, 11) is 0. The molecule has 1 aromatic rings. The molecule has 2 aliphatic carbocycles. The van der Waals surface area contributed by atoms with E-state index >= 15 is 0 Å². The number of hydrogen-bond donors (Lipinski definition) is 4. The van der Waals surface area contributed by atoms with Gasteiger partial charge in [-0.1, -0.05) is 51.1 Å². The first-order valence-electron chi connectivity index (χ1n) is 9.70. The summed E-state index contributed by atoms with van der Waals surface area (Å²) < 4.78 is 0. The largest absolute Gasteiger partial charge is 0.481 e. The van der Waals surface area contributed by atoms with Gasteiger partial charge in [0.25, 0.3) is 0 Å². The van der Waals surface area contributed by atoms with Gasteiger partial charge >= 0.3 is 11.9 Å². The number of nitrogens with two attached hydrogens (primary N) is 1. The maximum Gasteiger partial charge on any atom is 0.324 e. The van der Waals surface area contributed by atoms with Crippen LogP contribution in [0.5, 0.6) is 0 Å². The van der Waals surface area contributed by atoms with Crippen LogP contribution in [0, 0.1) is 28.6 Å². The molecule has 28 heavy (non-hydrogen) atoms. The Morgan fingerprint density at radius 1 is 1.07 bits per heavy atom. The lowest BCUT2D eigenvalue weighted by Crippen LogP contribution is -2.66. The van der Waals surface area contributed by atoms with Crippen molar-refractivity contribution in [3.63, 3.8) is 0 Å². The Morgan fingerprint density at radius 3 is 2.11 bits per heavy atom. The molecule has 2 saturated carbocycles. The molecular formula is C21H28N2O5. The molecule has 152 valence electrons. The van der Waals surface area contributed by atoms with E-state index in [0.29, 0.717) is 19.4 Å². The number of carboxylic acid groups (broad SMARTS) is 2. The second-order valence-corrected chi connectivity index (χ2v) is 8.28. The summed E-state index contributed by atoms with van der Waals surface area (Å²) in [4.78, 5) is 37.5. The van der Waals surface area contributed by atoms with Crippen molar-refractivity contribution in [1.29, 1.82) is 0 Å². The molecule has 0 spiro atoms. The third-order valence-corrected chi connectivity index (χ3v) is 7.64. The first-order valence-corrected chi connectivity index (χ1v) is 9.70. The Morgan fingerprint density at radius 2 is 1.64 bits per heavy atom. The Labute approximate surface area is 164 Å². The van der Waals surface area contributed by atoms with E-state index in [9.17, 15) is 24.6 Å². The fourth-order valence-electron chi connectivity index (χ4n) is 6.13. The van der Waals surface area contributed by atoms with Gasteiger partial charge in [-0.2, -0.15) is 0 Å². The number of rotatable bonds is 7. The minimum Gasteiger partial charge on any atom is -0.481 e. The molecule has 7 nitrogen and oxygen atoms in total. The molecular weight excluding hydrogens is 360 g/mol. The predicted molar refractivity (Wildman–Crippen MR) is 102 cm³/mol. The Hall–Kier alpha value is -2.41. The minimum absolute atomic E-state index is 0.297. The van der Waals surface area contributed by atoms with Gasteiger partial charge in [0.15, 0.2) is 0 Å². The van der Waals surface area contributed by atoms with E-state index in [2.05, 4.69) is 5.32 Å². The molecule has 0 heterocycles. The molecule has 3 rings (SSSR count). The number of carbonyl (C=O) groups excluding carboxylic acids is 1. The lowest BCUT2D eigenvalue weighted by molar-refractivity contribution is -0.158. The zero-order valence-corrected chi connectivity index (χ0v) is 16.4. The summed E-state index contributed by atoms with van der Waals surface area (Å²) in [6.45, 7) is 5.57. The highest BCUT2D eigenvalue weighted by molar-refractivity contribution is 5.93. The average Bonchev–Trinajstić information content (AvgIpc) is 3.25. The van der Waals surface area contributed by atoms with Gasteiger partial charge in [-0.05, 0) is 24.3 Å². The normalized spacial score (nSPS) is 35.1. The van der Waals surface area contributed by atoms with Crippen LogP contribution >= 0.6 is 0 Å². The van der Waals surface area contributed by atoms with Crippen LogP contribution in [0.1, 0.15) is 39.2 Å². The van der Waals surface area contributed by atoms with Gasteiger partial charge in [0.2, 0.25) is 5.91 Å². The van der Waals surface area contributed by atoms with Gasteiger partial charge < -0.3 is 21.3 Å². The number of hydrogen-bond acceptors (Lipinski definition) is 4. The van der Waals surface area contributed by atoms with Crippen molar-refractivity contribution < 1.29 is 24.6 Å². The van der Waals surface area contributed by atoms with E-state index < -0.39 is 46.1 Å². The molecule has 5 atom stereocenters. The molecule has 0 radical (unpaired) electrons. The third-order valence-electron chi connectivity index (χ3n) is 7.64. The van der Waals surface area contributed by atoms with Crippen molar-refractivity contribution in [2.75, 3.05) is 0 Å². The summed E-state index contributed by atoms with van der Waals surface area (Å²) in [5.41, 5.74) is 3.50. The predicted octanol–water partition coefficient (Wildman–Crippen LogP) is 1.86. The van der Waals surface area contributed by atoms with Crippen LogP contribution in [-0.2, 0) is 20.9 Å². The summed E-state index contributed by atoms with van der Waals surface area (Å²) in [6, 6.07) is 9.38. The maximum absolute atomic E-state index is 13.3. The molecule has 0 bridgehead atoms. The third kappa shape index (κ3) is 2.28. The van der Waals surface area contributed by atoms with Crippen LogP contribution in [0.3, 0.4) is 0 Å². The highest BCUT2D eigenvalue weighted by atomic mass is 16.4. The molecule has 1 amide bonds. The summed E-state index contributed by atoms with van der Waals surface area (Å²) >= 11 is 0. The van der Waals surface area contributed by atoms with Gasteiger partial charge in [0.05, 0.1) is 11.8 Å². The zero-order chi connectivity index (χ0) is 20.9. The van der Waals surface area contributed by atoms with E-state index in [-0.39, 0.29) is 5.91 Å². The Bertz CT molecular complexity index is 806. The summed E-state index contributed by atoms with van der Waals surface area (Å²) in [5.74, 6) is -4.94. The Balaban J connectivity index is 2.01. The Kier molecular flexibility index (Phi) is 4.78. The standard InChI is InChI=1S/C21H28N2O5/c1-4-20(5-2)14(16(24)23-11-12-9-7-6-8-10-12)13-15(17(25)26)19(13,3)21(20,22)18(27)28/h6-10,13-15H,4-5,11,22H2,1-3H3,(H,23,24)(H,25,26)(H,27,28)/t13-,14-,15-,19-,21-/m0/s1. The van der Waals surface area contributed by atoms with Gasteiger partial charge in [0, 0.05) is 17.4 Å². The molecule has 1 aromatic carbocycles. The van der Waals surface area contributed by atoms with Gasteiger partial charge in [-0.25, -0.2) is 0 Å². The first-order chi connectivity index (χ1) is 13.1.